The number of hydrogen-bond donors (Lipinski definition) is 1. The fourth-order valence-electron chi connectivity index (χ4n) is 2.03. The second kappa shape index (κ2) is 6.18. The molecule has 1 aliphatic rings. The molecule has 1 N–H and O–H groups in total. The van der Waals surface area contributed by atoms with E-state index in [1.807, 2.05) is 11.8 Å². The van der Waals surface area contributed by atoms with Gasteiger partial charge in [0.1, 0.15) is 5.82 Å². The number of thioether (sulfide) groups is 1. The van der Waals surface area contributed by atoms with Crippen LogP contribution in [0.25, 0.3) is 0 Å². The van der Waals surface area contributed by atoms with E-state index in [1.54, 1.807) is 13.2 Å². The fourth-order valence-corrected chi connectivity index (χ4v) is 3.13. The van der Waals surface area contributed by atoms with E-state index in [-0.39, 0.29) is 5.82 Å². The van der Waals surface area contributed by atoms with Crippen molar-refractivity contribution in [2.75, 3.05) is 31.0 Å². The molecule has 0 bridgehead atoms. The van der Waals surface area contributed by atoms with Crippen molar-refractivity contribution in [3.63, 3.8) is 0 Å². The van der Waals surface area contributed by atoms with E-state index in [2.05, 4.69) is 5.32 Å². The van der Waals surface area contributed by atoms with Gasteiger partial charge in [-0.3, -0.25) is 0 Å². The van der Waals surface area contributed by atoms with Crippen LogP contribution in [0.2, 0.25) is 0 Å². The van der Waals surface area contributed by atoms with Crippen molar-refractivity contribution in [1.29, 1.82) is 0 Å². The number of halogens is 1. The van der Waals surface area contributed by atoms with Crippen LogP contribution in [0.1, 0.15) is 12.8 Å². The molecule has 0 aliphatic carbocycles. The fraction of sp³-hybridized carbons (Fsp3) is 0.538. The smallest absolute Gasteiger partial charge is 0.163 e. The maximum atomic E-state index is 13.9. The predicted octanol–water partition coefficient (Wildman–Crippen LogP) is 3.15. The first-order valence-corrected chi connectivity index (χ1v) is 7.16. The molecule has 1 aromatic carbocycles. The van der Waals surface area contributed by atoms with Crippen molar-refractivity contribution in [3.8, 4) is 11.5 Å². The Bertz CT molecular complexity index is 408. The second-order valence-electron chi connectivity index (χ2n) is 4.22. The third-order valence-electron chi connectivity index (χ3n) is 3.05. The molecule has 3 nitrogen and oxygen atoms in total. The molecule has 5 heteroatoms. The van der Waals surface area contributed by atoms with Gasteiger partial charge in [0.15, 0.2) is 11.5 Å². The minimum absolute atomic E-state index is 0.300. The van der Waals surface area contributed by atoms with Crippen molar-refractivity contribution in [3.05, 3.63) is 17.9 Å². The lowest BCUT2D eigenvalue weighted by Gasteiger charge is -2.24. The highest BCUT2D eigenvalue weighted by atomic mass is 32.2. The average Bonchev–Trinajstić information content (AvgIpc) is 2.41. The van der Waals surface area contributed by atoms with E-state index in [0.29, 0.717) is 23.2 Å². The Morgan fingerprint density at radius 2 is 1.78 bits per heavy atom. The summed E-state index contributed by atoms with van der Waals surface area (Å²) in [6.07, 6.45) is 2.14. The van der Waals surface area contributed by atoms with Crippen LogP contribution in [-0.2, 0) is 0 Å². The van der Waals surface area contributed by atoms with E-state index in [1.165, 1.54) is 13.2 Å². The summed E-state index contributed by atoms with van der Waals surface area (Å²) in [6.45, 7) is 0. The largest absolute Gasteiger partial charge is 0.493 e. The molecule has 100 valence electrons. The Kier molecular flexibility index (Phi) is 4.58. The SMILES string of the molecule is COc1cc(F)c(NC2CCSCC2)cc1OC. The first-order chi connectivity index (χ1) is 8.74. The van der Waals surface area contributed by atoms with Gasteiger partial charge >= 0.3 is 0 Å². The van der Waals surface area contributed by atoms with Crippen LogP contribution in [0.15, 0.2) is 12.1 Å². The van der Waals surface area contributed by atoms with Gasteiger partial charge in [-0.2, -0.15) is 11.8 Å². The highest BCUT2D eigenvalue weighted by molar-refractivity contribution is 7.99. The molecule has 0 unspecified atom stereocenters. The molecule has 18 heavy (non-hydrogen) atoms. The lowest BCUT2D eigenvalue weighted by atomic mass is 10.1. The predicted molar refractivity (Wildman–Crippen MR) is 73.5 cm³/mol. The van der Waals surface area contributed by atoms with Gasteiger partial charge in [-0.15, -0.1) is 0 Å². The van der Waals surface area contributed by atoms with E-state index in [4.69, 9.17) is 9.47 Å². The normalized spacial score (nSPS) is 16.4. The number of benzene rings is 1. The number of nitrogens with one attached hydrogen (secondary N) is 1. The van der Waals surface area contributed by atoms with Gasteiger partial charge in [0.2, 0.25) is 0 Å². The van der Waals surface area contributed by atoms with Crippen molar-refractivity contribution in [1.82, 2.24) is 0 Å². The summed E-state index contributed by atoms with van der Waals surface area (Å²) in [5.74, 6) is 2.93. The van der Waals surface area contributed by atoms with Crippen molar-refractivity contribution in [2.45, 2.75) is 18.9 Å². The maximum absolute atomic E-state index is 13.9. The second-order valence-corrected chi connectivity index (χ2v) is 5.44. The zero-order valence-electron chi connectivity index (χ0n) is 10.7. The molecule has 0 amide bonds. The average molecular weight is 271 g/mol. The number of anilines is 1. The van der Waals surface area contributed by atoms with Crippen LogP contribution < -0.4 is 14.8 Å². The third-order valence-corrected chi connectivity index (χ3v) is 4.10. The van der Waals surface area contributed by atoms with Crippen LogP contribution in [0.5, 0.6) is 11.5 Å². The number of rotatable bonds is 4. The topological polar surface area (TPSA) is 30.5 Å². The zero-order chi connectivity index (χ0) is 13.0. The van der Waals surface area contributed by atoms with Crippen molar-refractivity contribution < 1.29 is 13.9 Å². The Morgan fingerprint density at radius 3 is 2.39 bits per heavy atom. The van der Waals surface area contributed by atoms with Gasteiger partial charge in [0.05, 0.1) is 19.9 Å². The minimum atomic E-state index is -0.300. The summed E-state index contributed by atoms with van der Waals surface area (Å²) in [6, 6.07) is 3.37. The Hall–Kier alpha value is -1.10. The first-order valence-electron chi connectivity index (χ1n) is 6.00. The van der Waals surface area contributed by atoms with Crippen LogP contribution in [-0.4, -0.2) is 31.8 Å². The molecule has 0 spiro atoms. The molecule has 2 rings (SSSR count). The number of ether oxygens (including phenoxy) is 2. The van der Waals surface area contributed by atoms with Gasteiger partial charge in [-0.1, -0.05) is 0 Å². The molecule has 1 fully saturated rings. The molecule has 0 saturated carbocycles. The van der Waals surface area contributed by atoms with Crippen molar-refractivity contribution >= 4 is 17.4 Å². The van der Waals surface area contributed by atoms with Gasteiger partial charge in [-0.25, -0.2) is 4.39 Å². The summed E-state index contributed by atoms with van der Waals surface area (Å²) in [5.41, 5.74) is 0.490. The number of hydrogen-bond acceptors (Lipinski definition) is 4. The molecular formula is C13H18FNO2S. The molecular weight excluding hydrogens is 253 g/mol. The van der Waals surface area contributed by atoms with Gasteiger partial charge in [-0.05, 0) is 24.3 Å². The molecule has 1 heterocycles. The Morgan fingerprint density at radius 1 is 1.17 bits per heavy atom. The molecule has 0 atom stereocenters. The van der Waals surface area contributed by atoms with Crippen LogP contribution in [0.3, 0.4) is 0 Å². The Labute approximate surface area is 111 Å². The first kappa shape index (κ1) is 13.3. The molecule has 0 radical (unpaired) electrons. The third kappa shape index (κ3) is 3.02. The monoisotopic (exact) mass is 271 g/mol. The molecule has 1 aliphatic heterocycles. The molecule has 1 saturated heterocycles. The summed E-state index contributed by atoms with van der Waals surface area (Å²) in [5, 5.41) is 3.25. The van der Waals surface area contributed by atoms with Crippen LogP contribution in [0, 0.1) is 5.82 Å². The van der Waals surface area contributed by atoms with E-state index in [9.17, 15) is 4.39 Å². The quantitative estimate of drug-likeness (QED) is 0.911. The summed E-state index contributed by atoms with van der Waals surface area (Å²) in [7, 11) is 3.06. The highest BCUT2D eigenvalue weighted by Gasteiger charge is 2.17. The van der Waals surface area contributed by atoms with E-state index < -0.39 is 0 Å². The number of methoxy groups -OCH3 is 2. The standard InChI is InChI=1S/C13H18FNO2S/c1-16-12-7-10(14)11(8-13(12)17-2)15-9-3-5-18-6-4-9/h7-9,15H,3-6H2,1-2H3. The highest BCUT2D eigenvalue weighted by Crippen LogP contribution is 2.33. The van der Waals surface area contributed by atoms with Gasteiger partial charge in [0, 0.05) is 18.2 Å². The van der Waals surface area contributed by atoms with Crippen LogP contribution >= 0.6 is 11.8 Å². The van der Waals surface area contributed by atoms with Gasteiger partial charge in [0.25, 0.3) is 0 Å². The van der Waals surface area contributed by atoms with E-state index in [0.717, 1.165) is 24.3 Å². The molecule has 1 aromatic rings. The lowest BCUT2D eigenvalue weighted by molar-refractivity contribution is 0.352. The Balaban J connectivity index is 2.16. The summed E-state index contributed by atoms with van der Waals surface area (Å²) in [4.78, 5) is 0. The molecule has 0 aromatic heterocycles. The van der Waals surface area contributed by atoms with Gasteiger partial charge < -0.3 is 14.8 Å². The minimum Gasteiger partial charge on any atom is -0.493 e. The van der Waals surface area contributed by atoms with Crippen molar-refractivity contribution in [2.24, 2.45) is 0 Å². The lowest BCUT2D eigenvalue weighted by Crippen LogP contribution is -2.25. The van der Waals surface area contributed by atoms with E-state index >= 15 is 0 Å². The summed E-state index contributed by atoms with van der Waals surface area (Å²) < 4.78 is 24.2. The van der Waals surface area contributed by atoms with Crippen LogP contribution in [0.4, 0.5) is 10.1 Å². The summed E-state index contributed by atoms with van der Waals surface area (Å²) >= 11 is 1.95. The zero-order valence-corrected chi connectivity index (χ0v) is 11.5. The maximum Gasteiger partial charge on any atom is 0.163 e.